The Morgan fingerprint density at radius 2 is 2.00 bits per heavy atom. The van der Waals surface area contributed by atoms with Gasteiger partial charge in [0, 0.05) is 6.04 Å². The summed E-state index contributed by atoms with van der Waals surface area (Å²) in [7, 11) is 0. The van der Waals surface area contributed by atoms with Crippen LogP contribution in [0.5, 0.6) is 0 Å². The van der Waals surface area contributed by atoms with Crippen LogP contribution in [0.1, 0.15) is 25.2 Å². The molecule has 0 fully saturated rings. The lowest BCUT2D eigenvalue weighted by molar-refractivity contribution is -0.141. The van der Waals surface area contributed by atoms with Crippen LogP contribution in [0.2, 0.25) is 0 Å². The maximum atomic E-state index is 12.5. The maximum absolute atomic E-state index is 12.5. The summed E-state index contributed by atoms with van der Waals surface area (Å²) in [5.74, 6) is 0.0227. The van der Waals surface area contributed by atoms with Crippen LogP contribution in [0.25, 0.3) is 10.9 Å². The van der Waals surface area contributed by atoms with Gasteiger partial charge in [-0.2, -0.15) is 13.2 Å². The molecule has 0 aliphatic rings. The van der Waals surface area contributed by atoms with E-state index >= 15 is 0 Å². The summed E-state index contributed by atoms with van der Waals surface area (Å²) >= 11 is 5.72. The van der Waals surface area contributed by atoms with Crippen molar-refractivity contribution in [2.24, 2.45) is 0 Å². The van der Waals surface area contributed by atoms with Crippen molar-refractivity contribution in [1.82, 2.24) is 9.55 Å². The zero-order chi connectivity index (χ0) is 14.9. The molecule has 0 saturated heterocycles. The number of aromatic nitrogens is 2. The van der Waals surface area contributed by atoms with Crippen molar-refractivity contribution >= 4 is 22.5 Å². The third-order valence-electron chi connectivity index (χ3n) is 2.97. The topological polar surface area (TPSA) is 34.9 Å². The molecule has 1 atom stereocenters. The first-order valence-corrected chi connectivity index (χ1v) is 6.50. The number of hydrogen-bond donors (Lipinski definition) is 0. The van der Waals surface area contributed by atoms with E-state index < -0.39 is 24.2 Å². The van der Waals surface area contributed by atoms with Crippen LogP contribution in [0.4, 0.5) is 13.2 Å². The molecule has 0 radical (unpaired) electrons. The molecule has 1 unspecified atom stereocenters. The minimum absolute atomic E-state index is 0.123. The van der Waals surface area contributed by atoms with Gasteiger partial charge < -0.3 is 0 Å². The van der Waals surface area contributed by atoms with Crippen molar-refractivity contribution in [2.45, 2.75) is 31.4 Å². The van der Waals surface area contributed by atoms with Crippen LogP contribution in [0.3, 0.4) is 0 Å². The van der Waals surface area contributed by atoms with Gasteiger partial charge in [-0.15, -0.1) is 11.6 Å². The Hall–Kier alpha value is -1.56. The molecule has 0 spiro atoms. The molecule has 2 aromatic rings. The first kappa shape index (κ1) is 14.8. The minimum Gasteiger partial charge on any atom is -0.292 e. The Labute approximate surface area is 118 Å². The second-order valence-electron chi connectivity index (χ2n) is 4.52. The largest absolute Gasteiger partial charge is 0.391 e. The van der Waals surface area contributed by atoms with E-state index in [0.29, 0.717) is 5.52 Å². The fraction of sp³-hybridized carbons (Fsp3) is 0.385. The van der Waals surface area contributed by atoms with E-state index in [-0.39, 0.29) is 17.1 Å². The summed E-state index contributed by atoms with van der Waals surface area (Å²) in [6.07, 6.45) is -5.45. The van der Waals surface area contributed by atoms with Crippen LogP contribution in [0.15, 0.2) is 29.1 Å². The van der Waals surface area contributed by atoms with Crippen molar-refractivity contribution in [1.29, 1.82) is 0 Å². The second-order valence-corrected chi connectivity index (χ2v) is 4.79. The normalized spacial score (nSPS) is 13.7. The van der Waals surface area contributed by atoms with E-state index in [2.05, 4.69) is 4.98 Å². The summed E-state index contributed by atoms with van der Waals surface area (Å²) in [6.45, 7) is 1.33. The Kier molecular flexibility index (Phi) is 4.04. The molecule has 1 aromatic heterocycles. The van der Waals surface area contributed by atoms with Crippen molar-refractivity contribution in [3.05, 3.63) is 40.4 Å². The van der Waals surface area contributed by atoms with E-state index in [1.165, 1.54) is 6.92 Å². The van der Waals surface area contributed by atoms with Gasteiger partial charge in [-0.25, -0.2) is 4.98 Å². The van der Waals surface area contributed by atoms with E-state index in [0.717, 1.165) is 4.57 Å². The van der Waals surface area contributed by atoms with E-state index in [1.54, 1.807) is 24.3 Å². The Bertz CT molecular complexity index is 681. The molecular weight excluding hydrogens is 293 g/mol. The third-order valence-corrected chi connectivity index (χ3v) is 3.21. The smallest absolute Gasteiger partial charge is 0.292 e. The van der Waals surface area contributed by atoms with Gasteiger partial charge in [-0.1, -0.05) is 12.1 Å². The Balaban J connectivity index is 2.62. The lowest BCUT2D eigenvalue weighted by Gasteiger charge is -2.20. The van der Waals surface area contributed by atoms with Crippen molar-refractivity contribution in [2.75, 3.05) is 0 Å². The fourth-order valence-corrected chi connectivity index (χ4v) is 2.36. The van der Waals surface area contributed by atoms with Gasteiger partial charge >= 0.3 is 6.18 Å². The maximum Gasteiger partial charge on any atom is 0.391 e. The van der Waals surface area contributed by atoms with Gasteiger partial charge in [0.1, 0.15) is 5.82 Å². The molecule has 108 valence electrons. The number of fused-ring (bicyclic) bond motifs is 1. The Morgan fingerprint density at radius 1 is 1.35 bits per heavy atom. The summed E-state index contributed by atoms with van der Waals surface area (Å²) in [5.41, 5.74) is -0.0633. The molecule has 0 bridgehead atoms. The van der Waals surface area contributed by atoms with Gasteiger partial charge in [-0.05, 0) is 19.1 Å². The van der Waals surface area contributed by atoms with Crippen molar-refractivity contribution in [3.8, 4) is 0 Å². The summed E-state index contributed by atoms with van der Waals surface area (Å²) in [5, 5.41) is 0.287. The molecule has 1 aromatic carbocycles. The summed E-state index contributed by atoms with van der Waals surface area (Å²) in [4.78, 5) is 16.5. The summed E-state index contributed by atoms with van der Waals surface area (Å²) < 4.78 is 38.5. The molecular formula is C13H12ClF3N2O. The highest BCUT2D eigenvalue weighted by atomic mass is 35.5. The predicted octanol–water partition coefficient (Wildman–Crippen LogP) is 3.65. The minimum atomic E-state index is -4.35. The van der Waals surface area contributed by atoms with Crippen molar-refractivity contribution < 1.29 is 13.2 Å². The summed E-state index contributed by atoms with van der Waals surface area (Å²) in [6, 6.07) is 5.47. The van der Waals surface area contributed by atoms with E-state index in [4.69, 9.17) is 11.6 Å². The van der Waals surface area contributed by atoms with Crippen LogP contribution < -0.4 is 5.56 Å². The first-order valence-electron chi connectivity index (χ1n) is 5.96. The standard InChI is InChI=1S/C13H12ClF3N2O/c1-8(6-13(15,16)17)19-11(7-14)18-10-5-3-2-4-9(10)12(19)20/h2-5,8H,6-7H2,1H3. The molecule has 3 nitrogen and oxygen atoms in total. The van der Waals surface area contributed by atoms with Gasteiger partial charge in [0.15, 0.2) is 0 Å². The lowest BCUT2D eigenvalue weighted by Crippen LogP contribution is -2.30. The van der Waals surface area contributed by atoms with Gasteiger partial charge in [-0.3, -0.25) is 9.36 Å². The van der Waals surface area contributed by atoms with E-state index in [9.17, 15) is 18.0 Å². The predicted molar refractivity (Wildman–Crippen MR) is 70.9 cm³/mol. The van der Waals surface area contributed by atoms with E-state index in [1.807, 2.05) is 0 Å². The fourth-order valence-electron chi connectivity index (χ4n) is 2.17. The Morgan fingerprint density at radius 3 is 2.60 bits per heavy atom. The number of hydrogen-bond acceptors (Lipinski definition) is 2. The zero-order valence-electron chi connectivity index (χ0n) is 10.6. The van der Waals surface area contributed by atoms with Crippen LogP contribution >= 0.6 is 11.6 Å². The van der Waals surface area contributed by atoms with Gasteiger partial charge in [0.05, 0.1) is 23.2 Å². The quantitative estimate of drug-likeness (QED) is 0.811. The highest BCUT2D eigenvalue weighted by Crippen LogP contribution is 2.27. The first-order chi connectivity index (χ1) is 9.33. The highest BCUT2D eigenvalue weighted by molar-refractivity contribution is 6.16. The van der Waals surface area contributed by atoms with Crippen molar-refractivity contribution in [3.63, 3.8) is 0 Å². The molecule has 0 aliphatic heterocycles. The number of benzene rings is 1. The molecule has 0 amide bonds. The molecule has 2 rings (SSSR count). The van der Waals surface area contributed by atoms with Crippen LogP contribution in [-0.2, 0) is 5.88 Å². The molecule has 1 heterocycles. The monoisotopic (exact) mass is 304 g/mol. The molecule has 0 aliphatic carbocycles. The molecule has 7 heteroatoms. The molecule has 0 saturated carbocycles. The van der Waals surface area contributed by atoms with Gasteiger partial charge in [0.25, 0.3) is 5.56 Å². The number of nitrogens with zero attached hydrogens (tertiary/aromatic N) is 2. The van der Waals surface area contributed by atoms with Crippen LogP contribution in [-0.4, -0.2) is 15.7 Å². The average molecular weight is 305 g/mol. The number of alkyl halides is 4. The second kappa shape index (κ2) is 5.44. The molecule has 0 N–H and O–H groups in total. The number of para-hydroxylation sites is 1. The van der Waals surface area contributed by atoms with Crippen LogP contribution in [0, 0.1) is 0 Å². The lowest BCUT2D eigenvalue weighted by atomic mass is 10.2. The average Bonchev–Trinajstić information content (AvgIpc) is 2.36. The SMILES string of the molecule is CC(CC(F)(F)F)n1c(CCl)nc2ccccc2c1=O. The molecule has 20 heavy (non-hydrogen) atoms. The number of rotatable bonds is 3. The van der Waals surface area contributed by atoms with Gasteiger partial charge in [0.2, 0.25) is 0 Å². The third kappa shape index (κ3) is 2.95. The highest BCUT2D eigenvalue weighted by Gasteiger charge is 2.32. The zero-order valence-corrected chi connectivity index (χ0v) is 11.4. The number of halogens is 4.